The molecule has 0 aromatic heterocycles. The van der Waals surface area contributed by atoms with E-state index in [-0.39, 0.29) is 63.8 Å². The number of fused-ring (bicyclic) bond motifs is 1. The molecule has 3 aliphatic rings. The van der Waals surface area contributed by atoms with Gasteiger partial charge in [-0.1, -0.05) is 68.4 Å². The van der Waals surface area contributed by atoms with Crippen molar-refractivity contribution in [3.05, 3.63) is 11.6 Å². The number of rotatable bonds is 13. The summed E-state index contributed by atoms with van der Waals surface area (Å²) in [6.45, 7) is 26.2. The van der Waals surface area contributed by atoms with Gasteiger partial charge in [0.1, 0.15) is 11.9 Å². The number of Topliss-reactive ketones (excluding diaryl/α,β-unsaturated/α-hetero) is 2. The van der Waals surface area contributed by atoms with Gasteiger partial charge in [-0.3, -0.25) is 18.4 Å². The number of carbonyl (C=O) groups excluding carboxylic acids is 2. The third kappa shape index (κ3) is 7.25. The number of allylic oxidation sites excluding steroid dienone is 2. The fraction of sp³-hybridized carbons (Fsp3) is 0.865. The Morgan fingerprint density at radius 1 is 1.04 bits per heavy atom. The topological polar surface area (TPSA) is 103 Å². The number of nitrogens with zero attached hydrogens (tertiary/aromatic N) is 1. The van der Waals surface area contributed by atoms with E-state index in [4.69, 9.17) is 13.6 Å². The summed E-state index contributed by atoms with van der Waals surface area (Å²) in [6.07, 6.45) is 8.99. The second kappa shape index (κ2) is 13.3. The zero-order valence-corrected chi connectivity index (χ0v) is 31.3. The molecule has 0 aliphatic heterocycles. The number of hydrogen-bond acceptors (Lipinski definition) is 7. The molecule has 0 bridgehead atoms. The van der Waals surface area contributed by atoms with Crippen molar-refractivity contribution in [2.45, 2.75) is 134 Å². The maximum Gasteiger partial charge on any atom is 0.474 e. The number of nitriles is 1. The molecule has 6 atom stereocenters. The molecule has 0 heterocycles. The maximum absolute atomic E-state index is 13.4. The van der Waals surface area contributed by atoms with Crippen LogP contribution in [0.4, 0.5) is 0 Å². The average Bonchev–Trinajstić information content (AvgIpc) is 2.92. The Labute approximate surface area is 274 Å². The minimum Gasteiger partial charge on any atom is -0.300 e. The van der Waals surface area contributed by atoms with Crippen molar-refractivity contribution >= 4 is 19.4 Å². The minimum atomic E-state index is -3.67. The van der Waals surface area contributed by atoms with Crippen molar-refractivity contribution in [2.24, 2.45) is 50.2 Å². The third-order valence-electron chi connectivity index (χ3n) is 13.1. The van der Waals surface area contributed by atoms with E-state index in [2.05, 4.69) is 54.5 Å². The van der Waals surface area contributed by atoms with Crippen LogP contribution in [0.25, 0.3) is 0 Å². The molecule has 7 nitrogen and oxygen atoms in total. The van der Waals surface area contributed by atoms with Crippen LogP contribution in [0.15, 0.2) is 11.6 Å². The molecule has 0 spiro atoms. The van der Waals surface area contributed by atoms with Gasteiger partial charge in [-0.2, -0.15) is 5.26 Å². The normalized spacial score (nSPS) is 34.9. The number of ketones is 2. The summed E-state index contributed by atoms with van der Waals surface area (Å²) in [6, 6.07) is 2.21. The molecule has 8 heteroatoms. The molecule has 0 N–H and O–H groups in total. The Morgan fingerprint density at radius 2 is 1.64 bits per heavy atom. The fourth-order valence-electron chi connectivity index (χ4n) is 9.83. The van der Waals surface area contributed by atoms with Gasteiger partial charge in [-0.15, -0.1) is 0 Å². The standard InChI is InChI=1S/C37H62NO6P/c1-13-42-45(41,43-14-2)44-25-37(19-17-32(5,6)22-26(37)3)20-18-33(7,8)36(12)16-15-29-34(9,10)31(40)28(24-38)23-35(29,11)30(36)21-27(4)39/h23,26,29-30H,13-22,25H2,1-12H3/t26?,29-,30+,35-,36+,37+/m0/s1. The first-order valence-corrected chi connectivity index (χ1v) is 18.8. The van der Waals surface area contributed by atoms with Crippen molar-refractivity contribution < 1.29 is 27.7 Å². The lowest BCUT2D eigenvalue weighted by molar-refractivity contribution is -0.156. The summed E-state index contributed by atoms with van der Waals surface area (Å²) in [5.41, 5.74) is -1.30. The van der Waals surface area contributed by atoms with Crippen molar-refractivity contribution in [1.82, 2.24) is 0 Å². The molecular weight excluding hydrogens is 585 g/mol. The molecule has 2 saturated carbocycles. The van der Waals surface area contributed by atoms with E-state index >= 15 is 0 Å². The SMILES string of the molecule is CCOP(=O)(OCC)OC[C@]1(CCC(C)(C)[C@]2(C)CC[C@H]3C(C)(C)C(=O)C(C#N)=C[C@]3(C)[C@H]2CC(C)=O)CCC(C)(C)CC1C. The Bertz CT molecular complexity index is 1240. The van der Waals surface area contributed by atoms with E-state index in [0.29, 0.717) is 18.9 Å². The van der Waals surface area contributed by atoms with Gasteiger partial charge in [-0.05, 0) is 111 Å². The smallest absolute Gasteiger partial charge is 0.300 e. The van der Waals surface area contributed by atoms with Gasteiger partial charge < -0.3 is 4.79 Å². The molecule has 3 rings (SSSR count). The number of phosphoric acid groups is 1. The molecule has 256 valence electrons. The molecular formula is C37H62NO6P. The van der Waals surface area contributed by atoms with Crippen LogP contribution in [0.2, 0.25) is 0 Å². The first-order valence-electron chi connectivity index (χ1n) is 17.3. The van der Waals surface area contributed by atoms with Gasteiger partial charge in [0.2, 0.25) is 0 Å². The number of phosphoric ester groups is 1. The first-order chi connectivity index (χ1) is 20.6. The highest BCUT2D eigenvalue weighted by molar-refractivity contribution is 7.48. The molecule has 1 unspecified atom stereocenters. The molecule has 0 radical (unpaired) electrons. The van der Waals surface area contributed by atoms with Crippen molar-refractivity contribution in [3.63, 3.8) is 0 Å². The van der Waals surface area contributed by atoms with Crippen LogP contribution in [-0.4, -0.2) is 31.4 Å². The quantitative estimate of drug-likeness (QED) is 0.183. The van der Waals surface area contributed by atoms with E-state index in [1.165, 1.54) is 0 Å². The van der Waals surface area contributed by atoms with Crippen LogP contribution in [0, 0.1) is 61.6 Å². The summed E-state index contributed by atoms with van der Waals surface area (Å²) >= 11 is 0. The zero-order chi connectivity index (χ0) is 34.3. The highest BCUT2D eigenvalue weighted by Crippen LogP contribution is 2.68. The van der Waals surface area contributed by atoms with E-state index < -0.39 is 18.7 Å². The van der Waals surface area contributed by atoms with Gasteiger partial charge in [0.15, 0.2) is 5.78 Å². The van der Waals surface area contributed by atoms with Crippen LogP contribution in [0.3, 0.4) is 0 Å². The van der Waals surface area contributed by atoms with Crippen molar-refractivity contribution in [2.75, 3.05) is 19.8 Å². The van der Waals surface area contributed by atoms with E-state index in [1.807, 2.05) is 19.9 Å². The van der Waals surface area contributed by atoms with Crippen LogP contribution >= 0.6 is 7.82 Å². The highest BCUT2D eigenvalue weighted by Gasteiger charge is 2.63. The number of carbonyl (C=O) groups is 2. The van der Waals surface area contributed by atoms with Crippen LogP contribution in [0.5, 0.6) is 0 Å². The van der Waals surface area contributed by atoms with Crippen LogP contribution in [0.1, 0.15) is 134 Å². The van der Waals surface area contributed by atoms with Crippen LogP contribution in [-0.2, 0) is 27.7 Å². The van der Waals surface area contributed by atoms with Gasteiger partial charge in [0.05, 0.1) is 25.4 Å². The Balaban J connectivity index is 2.02. The minimum absolute atomic E-state index is 0.0296. The highest BCUT2D eigenvalue weighted by atomic mass is 31.2. The molecule has 0 saturated heterocycles. The molecule has 0 amide bonds. The third-order valence-corrected chi connectivity index (χ3v) is 14.7. The largest absolute Gasteiger partial charge is 0.474 e. The van der Waals surface area contributed by atoms with E-state index in [0.717, 1.165) is 44.9 Å². The monoisotopic (exact) mass is 647 g/mol. The summed E-state index contributed by atoms with van der Waals surface area (Å²) in [7, 11) is -3.67. The molecule has 45 heavy (non-hydrogen) atoms. The molecule has 0 aromatic rings. The van der Waals surface area contributed by atoms with Gasteiger partial charge in [0.25, 0.3) is 0 Å². The second-order valence-electron chi connectivity index (χ2n) is 17.1. The van der Waals surface area contributed by atoms with Gasteiger partial charge in [-0.25, -0.2) is 4.57 Å². The second-order valence-corrected chi connectivity index (χ2v) is 18.8. The predicted molar refractivity (Wildman–Crippen MR) is 179 cm³/mol. The van der Waals surface area contributed by atoms with E-state index in [1.54, 1.807) is 20.8 Å². The first kappa shape index (κ1) is 38.1. The van der Waals surface area contributed by atoms with Gasteiger partial charge >= 0.3 is 7.82 Å². The summed E-state index contributed by atoms with van der Waals surface area (Å²) in [5.74, 6) is 0.423. The molecule has 2 fully saturated rings. The average molecular weight is 648 g/mol. The van der Waals surface area contributed by atoms with Crippen molar-refractivity contribution in [3.8, 4) is 6.07 Å². The Hall–Kier alpha value is -1.32. The zero-order valence-electron chi connectivity index (χ0n) is 30.4. The van der Waals surface area contributed by atoms with E-state index in [9.17, 15) is 19.4 Å². The predicted octanol–water partition coefficient (Wildman–Crippen LogP) is 9.90. The lowest BCUT2D eigenvalue weighted by Crippen LogP contribution is -2.60. The summed E-state index contributed by atoms with van der Waals surface area (Å²) < 4.78 is 30.6. The van der Waals surface area contributed by atoms with Crippen LogP contribution < -0.4 is 0 Å². The summed E-state index contributed by atoms with van der Waals surface area (Å²) in [5, 5.41) is 9.99. The van der Waals surface area contributed by atoms with Gasteiger partial charge in [0, 0.05) is 11.8 Å². The Kier molecular flexibility index (Phi) is 11.3. The van der Waals surface area contributed by atoms with Crippen molar-refractivity contribution in [1.29, 1.82) is 5.26 Å². The lowest BCUT2D eigenvalue weighted by atomic mass is 9.39. The molecule has 3 aliphatic carbocycles. The molecule has 0 aromatic carbocycles. The maximum atomic E-state index is 13.4. The number of hydrogen-bond donors (Lipinski definition) is 0. The Morgan fingerprint density at radius 3 is 2.16 bits per heavy atom. The lowest BCUT2D eigenvalue weighted by Gasteiger charge is -2.64. The fourth-order valence-corrected chi connectivity index (χ4v) is 11.1. The summed E-state index contributed by atoms with van der Waals surface area (Å²) in [4.78, 5) is 26.3.